The van der Waals surface area contributed by atoms with Crippen molar-refractivity contribution in [1.82, 2.24) is 4.83 Å². The predicted molar refractivity (Wildman–Crippen MR) is 95.8 cm³/mol. The van der Waals surface area contributed by atoms with Gasteiger partial charge in [0.2, 0.25) is 0 Å². The lowest BCUT2D eigenvalue weighted by Crippen LogP contribution is -2.20. The highest BCUT2D eigenvalue weighted by molar-refractivity contribution is 7.89. The fraction of sp³-hybridized carbons (Fsp3) is 0.278. The van der Waals surface area contributed by atoms with Gasteiger partial charge in [-0.05, 0) is 50.1 Å². The van der Waals surface area contributed by atoms with E-state index in [4.69, 9.17) is 0 Å². The van der Waals surface area contributed by atoms with Gasteiger partial charge in [0.15, 0.2) is 0 Å². The Labute approximate surface area is 143 Å². The third kappa shape index (κ3) is 4.35. The van der Waals surface area contributed by atoms with Crippen molar-refractivity contribution in [2.45, 2.75) is 38.5 Å². The lowest BCUT2D eigenvalue weighted by atomic mass is 10.0. The summed E-state index contributed by atoms with van der Waals surface area (Å²) < 4.78 is 24.7. The van der Waals surface area contributed by atoms with Crippen LogP contribution in [0.4, 0.5) is 0 Å². The van der Waals surface area contributed by atoms with E-state index in [2.05, 4.69) is 9.93 Å². The molecule has 2 aromatic carbocycles. The molecule has 128 valence electrons. The molecule has 2 aromatic rings. The molecule has 0 unspecified atom stereocenters. The first-order valence-electron chi connectivity index (χ1n) is 7.78. The Balaban J connectivity index is 2.32. The maximum absolute atomic E-state index is 12.3. The van der Waals surface area contributed by atoms with Crippen molar-refractivity contribution in [2.24, 2.45) is 5.10 Å². The van der Waals surface area contributed by atoms with Crippen LogP contribution in [-0.2, 0) is 10.0 Å². The molecule has 2 N–H and O–H groups in total. The van der Waals surface area contributed by atoms with Gasteiger partial charge in [0.25, 0.3) is 10.0 Å². The van der Waals surface area contributed by atoms with Gasteiger partial charge in [0.1, 0.15) is 5.75 Å². The Bertz CT molecular complexity index is 841. The number of phenols is 1. The number of hydrogen-bond donors (Lipinski definition) is 2. The van der Waals surface area contributed by atoms with Crippen LogP contribution in [-0.4, -0.2) is 19.2 Å². The molecule has 6 heteroatoms. The van der Waals surface area contributed by atoms with Crippen molar-refractivity contribution in [3.05, 3.63) is 59.2 Å². The van der Waals surface area contributed by atoms with E-state index in [9.17, 15) is 13.5 Å². The maximum atomic E-state index is 12.3. The van der Waals surface area contributed by atoms with E-state index in [1.807, 2.05) is 26.8 Å². The zero-order chi connectivity index (χ0) is 17.7. The molecule has 0 bridgehead atoms. The number of aryl methyl sites for hydroxylation is 2. The van der Waals surface area contributed by atoms with Gasteiger partial charge in [-0.25, -0.2) is 0 Å². The van der Waals surface area contributed by atoms with Crippen LogP contribution in [0.5, 0.6) is 5.75 Å². The smallest absolute Gasteiger partial charge is 0.276 e. The number of sulfonamides is 1. The van der Waals surface area contributed by atoms with Gasteiger partial charge < -0.3 is 5.11 Å². The minimum Gasteiger partial charge on any atom is -0.507 e. The highest BCUT2D eigenvalue weighted by Gasteiger charge is 2.14. The summed E-state index contributed by atoms with van der Waals surface area (Å²) in [5, 5.41) is 14.2. The Kier molecular flexibility index (Phi) is 5.62. The fourth-order valence-corrected chi connectivity index (χ4v) is 3.09. The molecule has 0 aliphatic rings. The maximum Gasteiger partial charge on any atom is 0.276 e. The van der Waals surface area contributed by atoms with Crippen LogP contribution in [0, 0.1) is 13.8 Å². The summed E-state index contributed by atoms with van der Waals surface area (Å²) in [4.78, 5) is 2.42. The lowest BCUT2D eigenvalue weighted by molar-refractivity contribution is 0.473. The van der Waals surface area contributed by atoms with E-state index >= 15 is 0 Å². The number of benzene rings is 2. The average Bonchev–Trinajstić information content (AvgIpc) is 2.52. The molecule has 0 atom stereocenters. The van der Waals surface area contributed by atoms with Crippen molar-refractivity contribution < 1.29 is 13.5 Å². The summed E-state index contributed by atoms with van der Waals surface area (Å²) >= 11 is 0. The minimum atomic E-state index is -3.74. The first-order chi connectivity index (χ1) is 11.3. The van der Waals surface area contributed by atoms with Crippen LogP contribution >= 0.6 is 0 Å². The second-order valence-electron chi connectivity index (χ2n) is 5.74. The highest BCUT2D eigenvalue weighted by Crippen LogP contribution is 2.21. The molecular formula is C18H22N2O3S. The number of nitrogens with zero attached hydrogens (tertiary/aromatic N) is 1. The summed E-state index contributed by atoms with van der Waals surface area (Å²) in [7, 11) is -3.74. The molecule has 0 aliphatic heterocycles. The number of nitrogens with one attached hydrogen (secondary N) is 1. The van der Waals surface area contributed by atoms with Crippen molar-refractivity contribution in [3.63, 3.8) is 0 Å². The van der Waals surface area contributed by atoms with Crippen molar-refractivity contribution >= 4 is 15.7 Å². The van der Waals surface area contributed by atoms with E-state index in [0.717, 1.165) is 17.5 Å². The second-order valence-corrected chi connectivity index (χ2v) is 7.40. The van der Waals surface area contributed by atoms with Crippen LogP contribution in [0.15, 0.2) is 52.5 Å². The molecule has 0 amide bonds. The van der Waals surface area contributed by atoms with E-state index in [1.165, 1.54) is 12.1 Å². The van der Waals surface area contributed by atoms with Crippen LogP contribution in [0.3, 0.4) is 0 Å². The topological polar surface area (TPSA) is 78.8 Å². The number of hydrogen-bond acceptors (Lipinski definition) is 4. The molecule has 0 saturated heterocycles. The first kappa shape index (κ1) is 18.0. The molecule has 24 heavy (non-hydrogen) atoms. The highest BCUT2D eigenvalue weighted by atomic mass is 32.2. The van der Waals surface area contributed by atoms with Crippen LogP contribution in [0.1, 0.15) is 36.5 Å². The van der Waals surface area contributed by atoms with Crippen LogP contribution in [0.25, 0.3) is 0 Å². The Morgan fingerprint density at radius 3 is 2.29 bits per heavy atom. The zero-order valence-electron chi connectivity index (χ0n) is 14.1. The molecule has 0 aliphatic carbocycles. The zero-order valence-corrected chi connectivity index (χ0v) is 14.9. The van der Waals surface area contributed by atoms with E-state index in [1.54, 1.807) is 24.3 Å². The molecule has 0 fully saturated rings. The Morgan fingerprint density at radius 2 is 1.71 bits per heavy atom. The first-order valence-corrected chi connectivity index (χ1v) is 9.27. The van der Waals surface area contributed by atoms with Gasteiger partial charge in [-0.15, -0.1) is 0 Å². The largest absolute Gasteiger partial charge is 0.507 e. The van der Waals surface area contributed by atoms with Gasteiger partial charge in [-0.1, -0.05) is 37.1 Å². The molecule has 0 radical (unpaired) electrons. The molecule has 0 spiro atoms. The molecule has 2 rings (SSSR count). The van der Waals surface area contributed by atoms with Gasteiger partial charge in [-0.2, -0.15) is 18.4 Å². The van der Waals surface area contributed by atoms with Crippen molar-refractivity contribution in [1.29, 1.82) is 0 Å². The van der Waals surface area contributed by atoms with Crippen molar-refractivity contribution in [3.8, 4) is 5.75 Å². The molecule has 0 saturated carbocycles. The fourth-order valence-electron chi connectivity index (χ4n) is 2.26. The van der Waals surface area contributed by atoms with Gasteiger partial charge in [0, 0.05) is 5.56 Å². The second kappa shape index (κ2) is 7.49. The minimum absolute atomic E-state index is 0.0942. The lowest BCUT2D eigenvalue weighted by Gasteiger charge is -2.10. The molecular weight excluding hydrogens is 324 g/mol. The Hall–Kier alpha value is -2.34. The summed E-state index contributed by atoms with van der Waals surface area (Å²) in [5.74, 6) is 0.0942. The number of aromatic hydroxyl groups is 1. The van der Waals surface area contributed by atoms with E-state index < -0.39 is 10.0 Å². The molecule has 5 nitrogen and oxygen atoms in total. The normalized spacial score (nSPS) is 12.2. The third-order valence-electron chi connectivity index (χ3n) is 3.58. The summed E-state index contributed by atoms with van der Waals surface area (Å²) in [6, 6.07) is 11.8. The monoisotopic (exact) mass is 346 g/mol. The van der Waals surface area contributed by atoms with Crippen LogP contribution in [0.2, 0.25) is 0 Å². The number of rotatable bonds is 6. The number of hydrazone groups is 1. The van der Waals surface area contributed by atoms with E-state index in [-0.39, 0.29) is 10.6 Å². The van der Waals surface area contributed by atoms with Gasteiger partial charge >= 0.3 is 0 Å². The summed E-state index contributed by atoms with van der Waals surface area (Å²) in [6.45, 7) is 5.73. The predicted octanol–water partition coefficient (Wildman–Crippen LogP) is 3.49. The van der Waals surface area contributed by atoms with Gasteiger partial charge in [-0.3, -0.25) is 0 Å². The average molecular weight is 346 g/mol. The third-order valence-corrected chi connectivity index (χ3v) is 4.81. The standard InChI is InChI=1S/C18H22N2O3S/c1-4-5-17(16-11-8-14(3)12-18(16)21)19-20-24(22,23)15-9-6-13(2)7-10-15/h6-12,20-21H,4-5H2,1-3H3. The van der Waals surface area contributed by atoms with E-state index in [0.29, 0.717) is 17.7 Å². The summed E-state index contributed by atoms with van der Waals surface area (Å²) in [6.07, 6.45) is 1.32. The van der Waals surface area contributed by atoms with Crippen LogP contribution < -0.4 is 4.83 Å². The Morgan fingerprint density at radius 1 is 1.08 bits per heavy atom. The molecule has 0 aromatic heterocycles. The summed E-state index contributed by atoms with van der Waals surface area (Å²) in [5.41, 5.74) is 2.95. The number of phenolic OH excluding ortho intramolecular Hbond substituents is 1. The molecule has 0 heterocycles. The van der Waals surface area contributed by atoms with Gasteiger partial charge in [0.05, 0.1) is 10.6 Å². The quantitative estimate of drug-likeness (QED) is 0.621. The SMILES string of the molecule is CCCC(=NNS(=O)(=O)c1ccc(C)cc1)c1ccc(C)cc1O. The van der Waals surface area contributed by atoms with Crippen molar-refractivity contribution in [2.75, 3.05) is 0 Å².